The lowest BCUT2D eigenvalue weighted by Crippen LogP contribution is -2.27. The average molecular weight is 514 g/mol. The molecule has 2 heterocycles. The number of carbonyl (C=O) groups excluding carboxylic acids is 1. The number of amides is 1. The molecule has 0 unspecified atom stereocenters. The number of hydrazone groups is 1. The lowest BCUT2D eigenvalue weighted by Gasteiger charge is -2.22. The number of hydrogen-bond donors (Lipinski definition) is 2. The normalized spacial score (nSPS) is 15.1. The van der Waals surface area contributed by atoms with Crippen LogP contribution in [0, 0.1) is 6.92 Å². The number of pyridine rings is 1. The Morgan fingerprint density at radius 2 is 1.76 bits per heavy atom. The van der Waals surface area contributed by atoms with Gasteiger partial charge in [-0.3, -0.25) is 14.4 Å². The van der Waals surface area contributed by atoms with Gasteiger partial charge in [-0.2, -0.15) is 5.10 Å². The van der Waals surface area contributed by atoms with E-state index in [0.717, 1.165) is 22.1 Å². The van der Waals surface area contributed by atoms with Crippen molar-refractivity contribution in [2.24, 2.45) is 5.10 Å². The molecule has 0 saturated heterocycles. The molecule has 1 aliphatic rings. The fourth-order valence-corrected chi connectivity index (χ4v) is 4.89. The van der Waals surface area contributed by atoms with Crippen LogP contribution < -0.4 is 5.56 Å². The minimum atomic E-state index is -1.06. The molecule has 1 aromatic heterocycles. The molecule has 4 aromatic rings. The Balaban J connectivity index is 1.69. The van der Waals surface area contributed by atoms with E-state index in [1.54, 1.807) is 18.2 Å². The summed E-state index contributed by atoms with van der Waals surface area (Å²) in [7, 11) is 0. The first-order valence-electron chi connectivity index (χ1n) is 11.9. The van der Waals surface area contributed by atoms with Gasteiger partial charge in [0, 0.05) is 34.3 Å². The van der Waals surface area contributed by atoms with E-state index in [9.17, 15) is 14.4 Å². The highest BCUT2D eigenvalue weighted by Crippen LogP contribution is 2.37. The minimum absolute atomic E-state index is 0.191. The number of halogens is 1. The first-order valence-corrected chi connectivity index (χ1v) is 12.3. The quantitative estimate of drug-likeness (QED) is 0.345. The second kappa shape index (κ2) is 10.0. The number of H-pyrrole nitrogens is 1. The maximum atomic E-state index is 13.5. The zero-order valence-electron chi connectivity index (χ0n) is 20.1. The van der Waals surface area contributed by atoms with Gasteiger partial charge in [0.15, 0.2) is 0 Å². The summed E-state index contributed by atoms with van der Waals surface area (Å²) in [6.07, 6.45) is -0.189. The number of aromatic nitrogens is 1. The van der Waals surface area contributed by atoms with Gasteiger partial charge in [-0.05, 0) is 36.2 Å². The third-order valence-corrected chi connectivity index (χ3v) is 6.74. The molecule has 8 heteroatoms. The molecule has 1 atom stereocenters. The number of aliphatic carboxylic acids is 1. The highest BCUT2D eigenvalue weighted by Gasteiger charge is 2.35. The minimum Gasteiger partial charge on any atom is -0.481 e. The second-order valence-corrected chi connectivity index (χ2v) is 9.51. The molecule has 2 N–H and O–H groups in total. The fraction of sp³-hybridized carbons (Fsp3) is 0.172. The van der Waals surface area contributed by atoms with Gasteiger partial charge in [0.05, 0.1) is 23.7 Å². The molecule has 3 aromatic carbocycles. The van der Waals surface area contributed by atoms with Gasteiger partial charge in [-0.1, -0.05) is 71.8 Å². The summed E-state index contributed by atoms with van der Waals surface area (Å²) < 4.78 is 0. The Bertz CT molecular complexity index is 1590. The van der Waals surface area contributed by atoms with Gasteiger partial charge in [0.1, 0.15) is 0 Å². The number of rotatable bonds is 6. The SMILES string of the molecule is Cc1ccc([C@@H]2CC(c3c(-c4ccccc4)c4cc(Cl)ccc4[nH]c3=O)=NN2C(=O)CCC(=O)O)cc1. The van der Waals surface area contributed by atoms with Crippen LogP contribution >= 0.6 is 11.6 Å². The molecule has 1 amide bonds. The van der Waals surface area contributed by atoms with E-state index < -0.39 is 17.9 Å². The smallest absolute Gasteiger partial charge is 0.303 e. The molecule has 0 spiro atoms. The molecule has 0 aliphatic carbocycles. The third kappa shape index (κ3) is 4.90. The maximum absolute atomic E-state index is 13.5. The molecule has 7 nitrogen and oxygen atoms in total. The monoisotopic (exact) mass is 513 g/mol. The number of carboxylic acid groups (broad SMARTS) is 1. The predicted molar refractivity (Wildman–Crippen MR) is 144 cm³/mol. The van der Waals surface area contributed by atoms with Crippen molar-refractivity contribution in [3.63, 3.8) is 0 Å². The van der Waals surface area contributed by atoms with Crippen LogP contribution in [0.3, 0.4) is 0 Å². The Hall–Kier alpha value is -4.23. The van der Waals surface area contributed by atoms with Crippen LogP contribution in [0.15, 0.2) is 82.7 Å². The molecule has 0 bridgehead atoms. The summed E-state index contributed by atoms with van der Waals surface area (Å²) in [4.78, 5) is 40.7. The molecule has 5 rings (SSSR count). The van der Waals surface area contributed by atoms with Gasteiger partial charge >= 0.3 is 5.97 Å². The Morgan fingerprint density at radius 3 is 2.46 bits per heavy atom. The van der Waals surface area contributed by atoms with E-state index in [0.29, 0.717) is 33.8 Å². The number of aromatic amines is 1. The van der Waals surface area contributed by atoms with Gasteiger partial charge in [0.25, 0.3) is 5.56 Å². The van der Waals surface area contributed by atoms with Crippen LogP contribution in [0.4, 0.5) is 0 Å². The number of fused-ring (bicyclic) bond motifs is 1. The molecular formula is C29H24ClN3O4. The molecular weight excluding hydrogens is 490 g/mol. The lowest BCUT2D eigenvalue weighted by molar-refractivity contribution is -0.141. The number of carboxylic acids is 1. The highest BCUT2D eigenvalue weighted by molar-refractivity contribution is 6.31. The van der Waals surface area contributed by atoms with Gasteiger partial charge < -0.3 is 10.1 Å². The van der Waals surface area contributed by atoms with Crippen LogP contribution in [-0.4, -0.2) is 32.7 Å². The zero-order valence-corrected chi connectivity index (χ0v) is 20.8. The standard InChI is InChI=1S/C29H24ClN3O4/c1-17-7-9-18(10-8-17)24-16-23(32-33(24)25(34)13-14-26(35)36)28-27(19-5-3-2-4-6-19)21-15-20(30)11-12-22(21)31-29(28)37/h2-12,15,24H,13-14,16H2,1H3,(H,31,37)(H,35,36)/t24-/m0/s1. The van der Waals surface area contributed by atoms with Crippen molar-refractivity contribution in [1.29, 1.82) is 0 Å². The van der Waals surface area contributed by atoms with E-state index in [1.165, 1.54) is 5.01 Å². The van der Waals surface area contributed by atoms with E-state index >= 15 is 0 Å². The van der Waals surface area contributed by atoms with Gasteiger partial charge in [-0.25, -0.2) is 5.01 Å². The van der Waals surface area contributed by atoms with Crippen LogP contribution in [0.5, 0.6) is 0 Å². The highest BCUT2D eigenvalue weighted by atomic mass is 35.5. The van der Waals surface area contributed by atoms with E-state index in [2.05, 4.69) is 10.1 Å². The summed E-state index contributed by atoms with van der Waals surface area (Å²) in [6, 6.07) is 22.1. The number of nitrogens with zero attached hydrogens (tertiary/aromatic N) is 2. The third-order valence-electron chi connectivity index (χ3n) is 6.51. The molecule has 0 radical (unpaired) electrons. The van der Waals surface area contributed by atoms with Crippen LogP contribution in [0.1, 0.15) is 42.0 Å². The molecule has 0 fully saturated rings. The van der Waals surface area contributed by atoms with Crippen molar-refractivity contribution in [3.05, 3.63) is 105 Å². The van der Waals surface area contributed by atoms with E-state index in [4.69, 9.17) is 16.7 Å². The Morgan fingerprint density at radius 1 is 1.03 bits per heavy atom. The summed E-state index contributed by atoms with van der Waals surface area (Å²) in [5.41, 5.74) is 4.57. The van der Waals surface area contributed by atoms with E-state index in [-0.39, 0.29) is 18.4 Å². The number of carbonyl (C=O) groups is 2. The van der Waals surface area contributed by atoms with Gasteiger partial charge in [-0.15, -0.1) is 0 Å². The average Bonchev–Trinajstić information content (AvgIpc) is 3.32. The maximum Gasteiger partial charge on any atom is 0.303 e. The fourth-order valence-electron chi connectivity index (χ4n) is 4.71. The van der Waals surface area contributed by atoms with Crippen LogP contribution in [-0.2, 0) is 9.59 Å². The van der Waals surface area contributed by atoms with Crippen molar-refractivity contribution in [1.82, 2.24) is 9.99 Å². The first kappa shape index (κ1) is 24.5. The number of benzene rings is 3. The molecule has 1 aliphatic heterocycles. The predicted octanol–water partition coefficient (Wildman–Crippen LogP) is 5.70. The zero-order chi connectivity index (χ0) is 26.1. The van der Waals surface area contributed by atoms with Crippen molar-refractivity contribution < 1.29 is 14.7 Å². The van der Waals surface area contributed by atoms with E-state index in [1.807, 2.05) is 61.5 Å². The Labute approximate surface area is 218 Å². The summed E-state index contributed by atoms with van der Waals surface area (Å²) in [6.45, 7) is 1.97. The largest absolute Gasteiger partial charge is 0.481 e. The summed E-state index contributed by atoms with van der Waals surface area (Å²) in [5, 5.41) is 16.4. The first-order chi connectivity index (χ1) is 17.8. The van der Waals surface area contributed by atoms with Crippen LogP contribution in [0.2, 0.25) is 5.02 Å². The number of hydrogen-bond acceptors (Lipinski definition) is 4. The molecule has 37 heavy (non-hydrogen) atoms. The molecule has 0 saturated carbocycles. The second-order valence-electron chi connectivity index (χ2n) is 9.07. The summed E-state index contributed by atoms with van der Waals surface area (Å²) >= 11 is 6.35. The van der Waals surface area contributed by atoms with Crippen molar-refractivity contribution in [3.8, 4) is 11.1 Å². The number of aryl methyl sites for hydroxylation is 1. The Kier molecular flexibility index (Phi) is 6.63. The lowest BCUT2D eigenvalue weighted by atomic mass is 9.91. The molecule has 186 valence electrons. The van der Waals surface area contributed by atoms with Gasteiger partial charge in [0.2, 0.25) is 5.91 Å². The van der Waals surface area contributed by atoms with Crippen molar-refractivity contribution >= 4 is 40.1 Å². The topological polar surface area (TPSA) is 103 Å². The van der Waals surface area contributed by atoms with Crippen molar-refractivity contribution in [2.75, 3.05) is 0 Å². The summed E-state index contributed by atoms with van der Waals surface area (Å²) in [5.74, 6) is -1.47. The van der Waals surface area contributed by atoms with Crippen LogP contribution in [0.25, 0.3) is 22.0 Å². The number of nitrogens with one attached hydrogen (secondary N) is 1. The van der Waals surface area contributed by atoms with Crippen molar-refractivity contribution in [2.45, 2.75) is 32.2 Å².